The summed E-state index contributed by atoms with van der Waals surface area (Å²) in [5, 5.41) is 2.31. The van der Waals surface area contributed by atoms with Gasteiger partial charge in [-0.1, -0.05) is 18.2 Å². The fraction of sp³-hybridized carbons (Fsp3) is 0.111. The third kappa shape index (κ3) is 2.97. The van der Waals surface area contributed by atoms with Crippen molar-refractivity contribution >= 4 is 29.0 Å². The van der Waals surface area contributed by atoms with E-state index in [1.165, 1.54) is 0 Å². The van der Waals surface area contributed by atoms with E-state index >= 15 is 0 Å². The Balaban J connectivity index is 2.95. The summed E-state index contributed by atoms with van der Waals surface area (Å²) in [5.74, 6) is 0.0612. The Morgan fingerprint density at radius 3 is 2.71 bits per heavy atom. The van der Waals surface area contributed by atoms with Crippen molar-refractivity contribution in [3.8, 4) is 0 Å². The molecule has 0 aliphatic heterocycles. The van der Waals surface area contributed by atoms with Gasteiger partial charge >= 0.3 is 0 Å². The number of nitrogens with two attached hydrogens (primary N) is 2. The van der Waals surface area contributed by atoms with Crippen LogP contribution in [-0.4, -0.2) is 11.1 Å². The van der Waals surface area contributed by atoms with E-state index in [9.17, 15) is 0 Å². The fourth-order valence-corrected chi connectivity index (χ4v) is 1.08. The van der Waals surface area contributed by atoms with Crippen molar-refractivity contribution in [2.24, 2.45) is 21.5 Å². The van der Waals surface area contributed by atoms with E-state index in [4.69, 9.17) is 11.5 Å². The summed E-state index contributed by atoms with van der Waals surface area (Å²) in [4.78, 5) is 7.79. The lowest BCUT2D eigenvalue weighted by atomic mass is 10.2. The van der Waals surface area contributed by atoms with Crippen LogP contribution in [0.25, 0.3) is 0 Å². The highest BCUT2D eigenvalue weighted by atomic mass is 32.1. The lowest BCUT2D eigenvalue weighted by Crippen LogP contribution is -2.22. The van der Waals surface area contributed by atoms with Crippen molar-refractivity contribution in [1.82, 2.24) is 0 Å². The average molecular weight is 206 g/mol. The van der Waals surface area contributed by atoms with E-state index in [1.54, 1.807) is 0 Å². The number of hydrogen-bond donors (Lipinski definition) is 2. The number of nitrogens with zero attached hydrogens (tertiary/aromatic N) is 2. The van der Waals surface area contributed by atoms with E-state index < -0.39 is 0 Å². The number of guanidine groups is 1. The van der Waals surface area contributed by atoms with Crippen molar-refractivity contribution in [3.63, 3.8) is 0 Å². The summed E-state index contributed by atoms with van der Waals surface area (Å²) >= 11 is 4.53. The maximum atomic E-state index is 5.23. The number of rotatable bonds is 3. The second-order valence-electron chi connectivity index (χ2n) is 2.57. The second kappa shape index (κ2) is 5.11. The normalized spacial score (nSPS) is 8.86. The molecule has 4 nitrogen and oxygen atoms in total. The van der Waals surface area contributed by atoms with Crippen LogP contribution in [0.2, 0.25) is 0 Å². The van der Waals surface area contributed by atoms with Gasteiger partial charge in [0.15, 0.2) is 5.96 Å². The van der Waals surface area contributed by atoms with Crippen LogP contribution in [0, 0.1) is 0 Å². The van der Waals surface area contributed by atoms with Crippen LogP contribution in [0.3, 0.4) is 0 Å². The van der Waals surface area contributed by atoms with Crippen molar-refractivity contribution in [3.05, 3.63) is 29.8 Å². The van der Waals surface area contributed by atoms with Crippen LogP contribution in [0.4, 0.5) is 5.69 Å². The van der Waals surface area contributed by atoms with Gasteiger partial charge in [0.25, 0.3) is 0 Å². The molecule has 1 aromatic carbocycles. The molecule has 0 saturated carbocycles. The minimum atomic E-state index is 0.0612. The molecule has 0 saturated heterocycles. The Morgan fingerprint density at radius 1 is 1.36 bits per heavy atom. The zero-order valence-electron chi connectivity index (χ0n) is 7.47. The summed E-state index contributed by atoms with van der Waals surface area (Å²) in [6.45, 7) is 0.402. The van der Waals surface area contributed by atoms with Gasteiger partial charge in [-0.3, -0.25) is 0 Å². The standard InChI is InChI=1S/C9H10N4S/c10-9(11)12-5-7-3-1-2-4-8(7)13-6-14/h1-4H,5H2,(H4,10,11,12). The summed E-state index contributed by atoms with van der Waals surface area (Å²) in [5.41, 5.74) is 12.1. The van der Waals surface area contributed by atoms with Crippen molar-refractivity contribution in [2.75, 3.05) is 0 Å². The monoisotopic (exact) mass is 206 g/mol. The van der Waals surface area contributed by atoms with Crippen LogP contribution < -0.4 is 11.5 Å². The van der Waals surface area contributed by atoms with Crippen LogP contribution in [0.1, 0.15) is 5.56 Å². The van der Waals surface area contributed by atoms with Gasteiger partial charge in [0.1, 0.15) is 0 Å². The molecular formula is C9H10N4S. The largest absolute Gasteiger partial charge is 0.370 e. The predicted octanol–water partition coefficient (Wildman–Crippen LogP) is 1.19. The minimum absolute atomic E-state index is 0.0612. The van der Waals surface area contributed by atoms with Crippen LogP contribution in [-0.2, 0) is 6.54 Å². The molecule has 0 aliphatic carbocycles. The second-order valence-corrected chi connectivity index (χ2v) is 2.76. The van der Waals surface area contributed by atoms with E-state index in [1.807, 2.05) is 24.3 Å². The number of hydrogen-bond acceptors (Lipinski definition) is 3. The summed E-state index contributed by atoms with van der Waals surface area (Å²) < 4.78 is 0. The first-order valence-corrected chi connectivity index (χ1v) is 4.36. The lowest BCUT2D eigenvalue weighted by Gasteiger charge is -2.00. The maximum absolute atomic E-state index is 5.23. The summed E-state index contributed by atoms with van der Waals surface area (Å²) in [6.07, 6.45) is 0. The molecule has 0 aromatic heterocycles. The van der Waals surface area contributed by atoms with Crippen LogP contribution in [0.15, 0.2) is 34.3 Å². The number of aliphatic imine (C=N–C) groups is 2. The molecule has 5 heteroatoms. The summed E-state index contributed by atoms with van der Waals surface area (Å²) in [7, 11) is 0. The molecule has 0 unspecified atom stereocenters. The SMILES string of the molecule is NC(N)=NCc1ccccc1N=C=S. The minimum Gasteiger partial charge on any atom is -0.370 e. The molecule has 0 atom stereocenters. The molecule has 14 heavy (non-hydrogen) atoms. The Morgan fingerprint density at radius 2 is 2.07 bits per heavy atom. The molecule has 0 heterocycles. The van der Waals surface area contributed by atoms with Gasteiger partial charge in [-0.25, -0.2) is 4.99 Å². The molecule has 0 amide bonds. The van der Waals surface area contributed by atoms with Crippen molar-refractivity contribution in [2.45, 2.75) is 6.54 Å². The highest BCUT2D eigenvalue weighted by Gasteiger charge is 1.97. The molecule has 0 fully saturated rings. The van der Waals surface area contributed by atoms with E-state index in [0.717, 1.165) is 11.3 Å². The molecule has 1 aromatic rings. The topological polar surface area (TPSA) is 76.8 Å². The molecule has 72 valence electrons. The number of thiocarbonyl (C=S) groups is 1. The van der Waals surface area contributed by atoms with Crippen molar-refractivity contribution < 1.29 is 0 Å². The lowest BCUT2D eigenvalue weighted by molar-refractivity contribution is 1.05. The molecule has 0 bridgehead atoms. The number of isothiocyanates is 1. The molecule has 4 N–H and O–H groups in total. The molecule has 0 spiro atoms. The van der Waals surface area contributed by atoms with E-state index in [-0.39, 0.29) is 5.96 Å². The smallest absolute Gasteiger partial charge is 0.186 e. The van der Waals surface area contributed by atoms with Gasteiger partial charge in [-0.05, 0) is 18.3 Å². The van der Waals surface area contributed by atoms with Crippen molar-refractivity contribution in [1.29, 1.82) is 0 Å². The van der Waals surface area contributed by atoms with Gasteiger partial charge in [-0.15, -0.1) is 0 Å². The maximum Gasteiger partial charge on any atom is 0.186 e. The highest BCUT2D eigenvalue weighted by Crippen LogP contribution is 2.18. The Kier molecular flexibility index (Phi) is 3.79. The first-order chi connectivity index (χ1) is 6.74. The predicted molar refractivity (Wildman–Crippen MR) is 60.6 cm³/mol. The van der Waals surface area contributed by atoms with Gasteiger partial charge in [-0.2, -0.15) is 4.99 Å². The quantitative estimate of drug-likeness (QED) is 0.443. The fourth-order valence-electron chi connectivity index (χ4n) is 0.979. The van der Waals surface area contributed by atoms with E-state index in [0.29, 0.717) is 6.54 Å². The first-order valence-electron chi connectivity index (χ1n) is 3.95. The third-order valence-electron chi connectivity index (χ3n) is 1.59. The highest BCUT2D eigenvalue weighted by molar-refractivity contribution is 7.78. The number of para-hydroxylation sites is 1. The average Bonchev–Trinajstić information content (AvgIpc) is 2.17. The molecule has 0 radical (unpaired) electrons. The third-order valence-corrected chi connectivity index (χ3v) is 1.68. The van der Waals surface area contributed by atoms with Gasteiger partial charge in [0.2, 0.25) is 0 Å². The zero-order chi connectivity index (χ0) is 10.4. The summed E-state index contributed by atoms with van der Waals surface area (Å²) in [6, 6.07) is 7.47. The van der Waals surface area contributed by atoms with Gasteiger partial charge in [0.05, 0.1) is 17.4 Å². The van der Waals surface area contributed by atoms with Crippen LogP contribution in [0.5, 0.6) is 0 Å². The van der Waals surface area contributed by atoms with Crippen LogP contribution >= 0.6 is 12.2 Å². The molecule has 1 rings (SSSR count). The van der Waals surface area contributed by atoms with Gasteiger partial charge in [0, 0.05) is 5.56 Å². The van der Waals surface area contributed by atoms with Gasteiger partial charge < -0.3 is 11.5 Å². The Hall–Kier alpha value is -1.71. The molecule has 0 aliphatic rings. The zero-order valence-corrected chi connectivity index (χ0v) is 8.29. The Labute approximate surface area is 87.4 Å². The molecular weight excluding hydrogens is 196 g/mol. The number of benzene rings is 1. The Bertz CT molecular complexity index is 390. The first kappa shape index (κ1) is 10.4. The van der Waals surface area contributed by atoms with E-state index in [2.05, 4.69) is 27.4 Å².